The molecule has 0 aromatic carbocycles. The monoisotopic (exact) mass is 265 g/mol. The first kappa shape index (κ1) is 14.9. The average molecular weight is 265 g/mol. The van der Waals surface area contributed by atoms with E-state index in [1.165, 1.54) is 0 Å². The van der Waals surface area contributed by atoms with Crippen molar-refractivity contribution in [3.63, 3.8) is 0 Å². The molecule has 6 heteroatoms. The van der Waals surface area contributed by atoms with Crippen molar-refractivity contribution in [2.45, 2.75) is 39.2 Å². The fourth-order valence-electron chi connectivity index (χ4n) is 1.56. The van der Waals surface area contributed by atoms with E-state index < -0.39 is 11.5 Å². The lowest BCUT2D eigenvalue weighted by molar-refractivity contribution is -0.137. The molecule has 3 N–H and O–H groups in total. The van der Waals surface area contributed by atoms with Crippen LogP contribution < -0.4 is 10.6 Å². The number of carbonyl (C=O) groups excluding carboxylic acids is 1. The molecule has 1 aromatic heterocycles. The van der Waals surface area contributed by atoms with E-state index in [0.717, 1.165) is 5.56 Å². The standard InChI is InChI=1S/C13H19N3O3/c1-9-8-14-7-5-10(9)15-12(19)16-13(2,3)6-4-11(17)18/h5,7-8H,4,6H2,1-3H3,(H,17,18)(H2,14,15,16,19). The first-order valence-electron chi connectivity index (χ1n) is 6.02. The number of hydrogen-bond donors (Lipinski definition) is 3. The molecule has 0 bridgehead atoms. The van der Waals surface area contributed by atoms with E-state index in [-0.39, 0.29) is 12.5 Å². The van der Waals surface area contributed by atoms with Crippen LogP contribution in [0.25, 0.3) is 0 Å². The van der Waals surface area contributed by atoms with Crippen molar-refractivity contribution in [1.82, 2.24) is 10.3 Å². The molecule has 0 radical (unpaired) electrons. The van der Waals surface area contributed by atoms with Crippen LogP contribution in [0, 0.1) is 6.92 Å². The Bertz CT molecular complexity index is 472. The topological polar surface area (TPSA) is 91.3 Å². The van der Waals surface area contributed by atoms with Crippen LogP contribution in [0.5, 0.6) is 0 Å². The molecule has 1 aromatic rings. The maximum absolute atomic E-state index is 11.8. The molecule has 6 nitrogen and oxygen atoms in total. The SMILES string of the molecule is Cc1cnccc1NC(=O)NC(C)(C)CCC(=O)O. The van der Waals surface area contributed by atoms with Gasteiger partial charge in [-0.05, 0) is 38.8 Å². The molecule has 0 unspecified atom stereocenters. The Morgan fingerprint density at radius 2 is 2.11 bits per heavy atom. The number of urea groups is 1. The largest absolute Gasteiger partial charge is 0.481 e. The summed E-state index contributed by atoms with van der Waals surface area (Å²) in [6.45, 7) is 5.42. The van der Waals surface area contributed by atoms with Gasteiger partial charge in [0.25, 0.3) is 0 Å². The van der Waals surface area contributed by atoms with Gasteiger partial charge in [0.2, 0.25) is 0 Å². The minimum Gasteiger partial charge on any atom is -0.481 e. The molecule has 0 atom stereocenters. The number of carboxylic acids is 1. The van der Waals surface area contributed by atoms with Gasteiger partial charge in [0.1, 0.15) is 0 Å². The van der Waals surface area contributed by atoms with Gasteiger partial charge in [0.05, 0.1) is 0 Å². The predicted molar refractivity (Wildman–Crippen MR) is 72.1 cm³/mol. The fourth-order valence-corrected chi connectivity index (χ4v) is 1.56. The van der Waals surface area contributed by atoms with Crippen LogP contribution in [0.4, 0.5) is 10.5 Å². The highest BCUT2D eigenvalue weighted by molar-refractivity contribution is 5.90. The molecule has 0 spiro atoms. The summed E-state index contributed by atoms with van der Waals surface area (Å²) in [6, 6.07) is 1.35. The highest BCUT2D eigenvalue weighted by Gasteiger charge is 2.21. The summed E-state index contributed by atoms with van der Waals surface area (Å²) in [6.07, 6.45) is 3.63. The van der Waals surface area contributed by atoms with E-state index in [2.05, 4.69) is 15.6 Å². The minimum absolute atomic E-state index is 0.0154. The van der Waals surface area contributed by atoms with Crippen molar-refractivity contribution in [1.29, 1.82) is 0 Å². The fraction of sp³-hybridized carbons (Fsp3) is 0.462. The lowest BCUT2D eigenvalue weighted by atomic mass is 9.99. The van der Waals surface area contributed by atoms with Crippen molar-refractivity contribution in [2.75, 3.05) is 5.32 Å². The molecular formula is C13H19N3O3. The van der Waals surface area contributed by atoms with Crippen LogP contribution in [0.2, 0.25) is 0 Å². The zero-order chi connectivity index (χ0) is 14.5. The number of aryl methyl sites for hydroxylation is 1. The Hall–Kier alpha value is -2.11. The van der Waals surface area contributed by atoms with Crippen molar-refractivity contribution in [3.8, 4) is 0 Å². The van der Waals surface area contributed by atoms with Crippen molar-refractivity contribution < 1.29 is 14.7 Å². The third-order valence-corrected chi connectivity index (χ3v) is 2.68. The molecule has 0 aliphatic rings. The molecule has 0 fully saturated rings. The Morgan fingerprint density at radius 3 is 2.68 bits per heavy atom. The van der Waals surface area contributed by atoms with Gasteiger partial charge in [-0.3, -0.25) is 9.78 Å². The zero-order valence-electron chi connectivity index (χ0n) is 11.4. The highest BCUT2D eigenvalue weighted by atomic mass is 16.4. The maximum atomic E-state index is 11.8. The number of nitrogens with zero attached hydrogens (tertiary/aromatic N) is 1. The lowest BCUT2D eigenvalue weighted by Crippen LogP contribution is -2.45. The van der Waals surface area contributed by atoms with E-state index in [1.54, 1.807) is 32.3 Å². The Balaban J connectivity index is 2.55. The molecule has 104 valence electrons. The molecule has 0 aliphatic carbocycles. The van der Waals surface area contributed by atoms with Gasteiger partial charge in [-0.1, -0.05) is 0 Å². The van der Waals surface area contributed by atoms with Gasteiger partial charge in [-0.25, -0.2) is 4.79 Å². The van der Waals surface area contributed by atoms with Crippen LogP contribution in [-0.4, -0.2) is 27.6 Å². The van der Waals surface area contributed by atoms with Crippen molar-refractivity contribution in [2.24, 2.45) is 0 Å². The normalized spacial score (nSPS) is 10.9. The Morgan fingerprint density at radius 1 is 1.42 bits per heavy atom. The number of aliphatic carboxylic acids is 1. The van der Waals surface area contributed by atoms with Crippen LogP contribution in [0.3, 0.4) is 0 Å². The van der Waals surface area contributed by atoms with Crippen molar-refractivity contribution >= 4 is 17.7 Å². The van der Waals surface area contributed by atoms with Gasteiger partial charge in [0, 0.05) is 30.0 Å². The van der Waals surface area contributed by atoms with Crippen LogP contribution in [0.1, 0.15) is 32.3 Å². The third-order valence-electron chi connectivity index (χ3n) is 2.68. The molecule has 0 saturated carbocycles. The smallest absolute Gasteiger partial charge is 0.319 e. The number of nitrogens with one attached hydrogen (secondary N) is 2. The summed E-state index contributed by atoms with van der Waals surface area (Å²) in [4.78, 5) is 26.3. The van der Waals surface area contributed by atoms with E-state index >= 15 is 0 Å². The molecule has 0 saturated heterocycles. The summed E-state index contributed by atoms with van der Waals surface area (Å²) in [5, 5.41) is 14.1. The molecule has 1 rings (SSSR count). The first-order chi connectivity index (χ1) is 8.80. The van der Waals surface area contributed by atoms with E-state index in [4.69, 9.17) is 5.11 Å². The van der Waals surface area contributed by atoms with Crippen molar-refractivity contribution in [3.05, 3.63) is 24.0 Å². The molecule has 19 heavy (non-hydrogen) atoms. The summed E-state index contributed by atoms with van der Waals surface area (Å²) >= 11 is 0. The second-order valence-electron chi connectivity index (χ2n) is 5.05. The summed E-state index contributed by atoms with van der Waals surface area (Å²) in [5.74, 6) is -0.875. The second kappa shape index (κ2) is 6.17. The summed E-state index contributed by atoms with van der Waals surface area (Å²) in [7, 11) is 0. The average Bonchev–Trinajstić information content (AvgIpc) is 2.29. The maximum Gasteiger partial charge on any atom is 0.319 e. The summed E-state index contributed by atoms with van der Waals surface area (Å²) < 4.78 is 0. The quantitative estimate of drug-likeness (QED) is 0.760. The molecular weight excluding hydrogens is 246 g/mol. The molecule has 2 amide bonds. The Labute approximate surface area is 112 Å². The number of anilines is 1. The van der Waals surface area contributed by atoms with Crippen LogP contribution >= 0.6 is 0 Å². The van der Waals surface area contributed by atoms with E-state index in [0.29, 0.717) is 12.1 Å². The zero-order valence-corrected chi connectivity index (χ0v) is 11.4. The summed E-state index contributed by atoms with van der Waals surface area (Å²) in [5.41, 5.74) is 0.964. The van der Waals surface area contributed by atoms with Gasteiger partial charge in [-0.2, -0.15) is 0 Å². The molecule has 1 heterocycles. The number of amides is 2. The van der Waals surface area contributed by atoms with Gasteiger partial charge < -0.3 is 15.7 Å². The Kier molecular flexibility index (Phi) is 4.86. The number of aromatic nitrogens is 1. The molecule has 0 aliphatic heterocycles. The lowest BCUT2D eigenvalue weighted by Gasteiger charge is -2.25. The number of rotatable bonds is 5. The first-order valence-corrected chi connectivity index (χ1v) is 6.02. The second-order valence-corrected chi connectivity index (χ2v) is 5.05. The number of carbonyl (C=O) groups is 2. The number of hydrogen-bond acceptors (Lipinski definition) is 3. The van der Waals surface area contributed by atoms with E-state index in [9.17, 15) is 9.59 Å². The van der Waals surface area contributed by atoms with Crippen LogP contribution in [-0.2, 0) is 4.79 Å². The third kappa shape index (κ3) is 5.37. The minimum atomic E-state index is -0.875. The van der Waals surface area contributed by atoms with E-state index in [1.807, 2.05) is 6.92 Å². The van der Waals surface area contributed by atoms with Gasteiger partial charge in [-0.15, -0.1) is 0 Å². The highest BCUT2D eigenvalue weighted by Crippen LogP contribution is 2.14. The van der Waals surface area contributed by atoms with Gasteiger partial charge in [0.15, 0.2) is 0 Å². The van der Waals surface area contributed by atoms with Crippen LogP contribution in [0.15, 0.2) is 18.5 Å². The number of carboxylic acid groups (broad SMARTS) is 1. The number of pyridine rings is 1. The predicted octanol–water partition coefficient (Wildman–Crippen LogP) is 2.15. The van der Waals surface area contributed by atoms with Gasteiger partial charge >= 0.3 is 12.0 Å².